The molecule has 0 heterocycles. The Kier molecular flexibility index (Phi) is 4.20. The van der Waals surface area contributed by atoms with E-state index in [2.05, 4.69) is 45.0 Å². The molecule has 2 rings (SSSR count). The Bertz CT molecular complexity index is 550. The van der Waals surface area contributed by atoms with Crippen LogP contribution in [-0.4, -0.2) is 4.21 Å². The van der Waals surface area contributed by atoms with Crippen LogP contribution in [0.3, 0.4) is 0 Å². The summed E-state index contributed by atoms with van der Waals surface area (Å²) >= 11 is 0. The van der Waals surface area contributed by atoms with Gasteiger partial charge in [-0.15, -0.1) is 0 Å². The van der Waals surface area contributed by atoms with E-state index in [1.807, 2.05) is 30.3 Å². The summed E-state index contributed by atoms with van der Waals surface area (Å²) in [4.78, 5) is 0.891. The first-order chi connectivity index (χ1) is 8.97. The monoisotopic (exact) mass is 272 g/mol. The topological polar surface area (TPSA) is 17.1 Å². The second-order valence-corrected chi connectivity index (χ2v) is 7.20. The van der Waals surface area contributed by atoms with E-state index in [0.717, 1.165) is 10.5 Å². The second-order valence-electron chi connectivity index (χ2n) is 5.75. The maximum absolute atomic E-state index is 12.2. The van der Waals surface area contributed by atoms with Gasteiger partial charge >= 0.3 is 0 Å². The van der Waals surface area contributed by atoms with E-state index < -0.39 is 10.8 Å². The first kappa shape index (κ1) is 14.0. The Hall–Kier alpha value is -1.41. The van der Waals surface area contributed by atoms with Gasteiger partial charge < -0.3 is 0 Å². The van der Waals surface area contributed by atoms with Gasteiger partial charge in [0.05, 0.1) is 16.6 Å². The van der Waals surface area contributed by atoms with Gasteiger partial charge in [-0.1, -0.05) is 63.2 Å². The van der Waals surface area contributed by atoms with Gasteiger partial charge in [-0.3, -0.25) is 4.21 Å². The van der Waals surface area contributed by atoms with Gasteiger partial charge in [0.15, 0.2) is 0 Å². The van der Waals surface area contributed by atoms with Gasteiger partial charge in [-0.05, 0) is 28.7 Å². The highest BCUT2D eigenvalue weighted by Crippen LogP contribution is 2.23. The first-order valence-electron chi connectivity index (χ1n) is 6.50. The fraction of sp³-hybridized carbons (Fsp3) is 0.294. The molecule has 0 amide bonds. The summed E-state index contributed by atoms with van der Waals surface area (Å²) in [5, 5.41) is 0. The zero-order chi connectivity index (χ0) is 13.9. The molecular formula is C17H20OS. The summed E-state index contributed by atoms with van der Waals surface area (Å²) in [6.07, 6.45) is 0. The van der Waals surface area contributed by atoms with E-state index in [-0.39, 0.29) is 5.41 Å². The van der Waals surface area contributed by atoms with Crippen LogP contribution in [0.4, 0.5) is 0 Å². The van der Waals surface area contributed by atoms with E-state index in [1.165, 1.54) is 5.56 Å². The van der Waals surface area contributed by atoms with Crippen molar-refractivity contribution in [2.45, 2.75) is 36.8 Å². The summed E-state index contributed by atoms with van der Waals surface area (Å²) < 4.78 is 12.2. The van der Waals surface area contributed by atoms with Crippen LogP contribution in [0, 0.1) is 0 Å². The molecule has 2 heteroatoms. The van der Waals surface area contributed by atoms with Gasteiger partial charge in [-0.2, -0.15) is 0 Å². The molecule has 0 aliphatic rings. The molecule has 19 heavy (non-hydrogen) atoms. The number of hydrogen-bond donors (Lipinski definition) is 0. The van der Waals surface area contributed by atoms with E-state index in [4.69, 9.17) is 0 Å². The molecule has 0 spiro atoms. The summed E-state index contributed by atoms with van der Waals surface area (Å²) in [6, 6.07) is 18.1. The van der Waals surface area contributed by atoms with Crippen LogP contribution in [0.1, 0.15) is 31.9 Å². The Morgan fingerprint density at radius 2 is 1.47 bits per heavy atom. The van der Waals surface area contributed by atoms with Crippen LogP contribution in [0.25, 0.3) is 0 Å². The predicted octanol–water partition coefficient (Wildman–Crippen LogP) is 4.29. The molecule has 0 N–H and O–H groups in total. The molecule has 0 fully saturated rings. The van der Waals surface area contributed by atoms with E-state index in [1.54, 1.807) is 0 Å². The van der Waals surface area contributed by atoms with Crippen molar-refractivity contribution in [1.29, 1.82) is 0 Å². The van der Waals surface area contributed by atoms with E-state index in [9.17, 15) is 4.21 Å². The standard InChI is InChI=1S/C17H20OS/c1-17(2,3)15-11-9-14(10-12-15)13-19(18)16-7-5-4-6-8-16/h4-12H,13H2,1-3H3. The molecule has 100 valence electrons. The minimum Gasteiger partial charge on any atom is -0.254 e. The fourth-order valence-corrected chi connectivity index (χ4v) is 3.03. The molecule has 0 saturated heterocycles. The molecule has 0 aliphatic carbocycles. The quantitative estimate of drug-likeness (QED) is 0.814. The van der Waals surface area contributed by atoms with Crippen LogP contribution in [0.5, 0.6) is 0 Å². The normalized spacial score (nSPS) is 13.2. The summed E-state index contributed by atoms with van der Waals surface area (Å²) in [6.45, 7) is 6.60. The highest BCUT2D eigenvalue weighted by molar-refractivity contribution is 7.84. The fourth-order valence-electron chi connectivity index (χ4n) is 1.91. The van der Waals surface area contributed by atoms with Crippen molar-refractivity contribution in [2.75, 3.05) is 0 Å². The Labute approximate surface area is 118 Å². The van der Waals surface area contributed by atoms with Crippen molar-refractivity contribution >= 4 is 10.8 Å². The third-order valence-corrected chi connectivity index (χ3v) is 4.52. The van der Waals surface area contributed by atoms with Crippen LogP contribution < -0.4 is 0 Å². The Balaban J connectivity index is 2.10. The molecule has 0 saturated carbocycles. The van der Waals surface area contributed by atoms with Crippen molar-refractivity contribution < 1.29 is 4.21 Å². The van der Waals surface area contributed by atoms with Gasteiger partial charge in [0.2, 0.25) is 0 Å². The van der Waals surface area contributed by atoms with E-state index >= 15 is 0 Å². The molecule has 0 aromatic heterocycles. The Morgan fingerprint density at radius 3 is 2.00 bits per heavy atom. The minimum absolute atomic E-state index is 0.164. The molecule has 1 atom stereocenters. The summed E-state index contributed by atoms with van der Waals surface area (Å²) in [7, 11) is -0.962. The minimum atomic E-state index is -0.962. The van der Waals surface area contributed by atoms with Crippen molar-refractivity contribution in [2.24, 2.45) is 0 Å². The lowest BCUT2D eigenvalue weighted by molar-refractivity contribution is 0.590. The molecule has 0 bridgehead atoms. The lowest BCUT2D eigenvalue weighted by Crippen LogP contribution is -2.10. The summed E-state index contributed by atoms with van der Waals surface area (Å²) in [5.41, 5.74) is 2.59. The number of benzene rings is 2. The SMILES string of the molecule is CC(C)(C)c1ccc(CS(=O)c2ccccc2)cc1. The van der Waals surface area contributed by atoms with Gasteiger partial charge in [0.25, 0.3) is 0 Å². The lowest BCUT2D eigenvalue weighted by atomic mass is 9.87. The van der Waals surface area contributed by atoms with Crippen LogP contribution >= 0.6 is 0 Å². The third kappa shape index (κ3) is 3.77. The van der Waals surface area contributed by atoms with Gasteiger partial charge in [0.1, 0.15) is 0 Å². The highest BCUT2D eigenvalue weighted by Gasteiger charge is 2.13. The first-order valence-corrected chi connectivity index (χ1v) is 7.81. The Morgan fingerprint density at radius 1 is 0.895 bits per heavy atom. The summed E-state index contributed by atoms with van der Waals surface area (Å²) in [5.74, 6) is 0.578. The average molecular weight is 272 g/mol. The number of hydrogen-bond acceptors (Lipinski definition) is 1. The van der Waals surface area contributed by atoms with Crippen molar-refractivity contribution in [3.8, 4) is 0 Å². The zero-order valence-electron chi connectivity index (χ0n) is 11.7. The van der Waals surface area contributed by atoms with Crippen molar-refractivity contribution in [3.05, 3.63) is 65.7 Å². The van der Waals surface area contributed by atoms with Crippen LogP contribution in [0.2, 0.25) is 0 Å². The zero-order valence-corrected chi connectivity index (χ0v) is 12.5. The van der Waals surface area contributed by atoms with Gasteiger partial charge in [-0.25, -0.2) is 0 Å². The molecule has 0 radical (unpaired) electrons. The largest absolute Gasteiger partial charge is 0.254 e. The molecule has 2 aromatic carbocycles. The van der Waals surface area contributed by atoms with Crippen molar-refractivity contribution in [3.63, 3.8) is 0 Å². The third-order valence-electron chi connectivity index (χ3n) is 3.12. The molecular weight excluding hydrogens is 252 g/mol. The highest BCUT2D eigenvalue weighted by atomic mass is 32.2. The molecule has 2 aromatic rings. The predicted molar refractivity (Wildman–Crippen MR) is 81.7 cm³/mol. The molecule has 0 aliphatic heterocycles. The average Bonchev–Trinajstić information content (AvgIpc) is 2.39. The smallest absolute Gasteiger partial charge is 0.0574 e. The molecule has 1 unspecified atom stereocenters. The molecule has 1 nitrogen and oxygen atoms in total. The maximum atomic E-state index is 12.2. The maximum Gasteiger partial charge on any atom is 0.0574 e. The van der Waals surface area contributed by atoms with Crippen molar-refractivity contribution in [1.82, 2.24) is 0 Å². The van der Waals surface area contributed by atoms with Crippen LogP contribution in [0.15, 0.2) is 59.5 Å². The number of rotatable bonds is 3. The van der Waals surface area contributed by atoms with Crippen LogP contribution in [-0.2, 0) is 22.0 Å². The lowest BCUT2D eigenvalue weighted by Gasteiger charge is -2.19. The van der Waals surface area contributed by atoms with Gasteiger partial charge in [0, 0.05) is 4.90 Å². The van der Waals surface area contributed by atoms with E-state index in [0.29, 0.717) is 5.75 Å². The second kappa shape index (κ2) is 5.70.